The molecule has 24 heavy (non-hydrogen) atoms. The van der Waals surface area contributed by atoms with Crippen LogP contribution in [-0.4, -0.2) is 52.4 Å². The Balaban J connectivity index is 3.49. The third-order valence-electron chi connectivity index (χ3n) is 4.91. The van der Waals surface area contributed by atoms with Crippen LogP contribution in [-0.2, 0) is 18.7 Å². The van der Waals surface area contributed by atoms with E-state index in [9.17, 15) is 9.59 Å². The zero-order valence-electron chi connectivity index (χ0n) is 16.8. The van der Waals surface area contributed by atoms with Gasteiger partial charge in [0.15, 0.2) is 0 Å². The summed E-state index contributed by atoms with van der Waals surface area (Å²) in [5.74, 6) is -0.523. The van der Waals surface area contributed by atoms with Crippen molar-refractivity contribution in [3.63, 3.8) is 0 Å². The molecule has 1 heterocycles. The Morgan fingerprint density at radius 2 is 1.62 bits per heavy atom. The summed E-state index contributed by atoms with van der Waals surface area (Å²) in [6.07, 6.45) is -0.552. The minimum absolute atomic E-state index is 0.0329. The molecule has 1 aliphatic heterocycles. The van der Waals surface area contributed by atoms with Gasteiger partial charge in [0.05, 0.1) is 7.11 Å². The molecular weight excluding hydrogens is 326 g/mol. The van der Waals surface area contributed by atoms with Gasteiger partial charge < -0.3 is 13.9 Å². The lowest BCUT2D eigenvalue weighted by Crippen LogP contribution is -2.62. The average molecular weight is 360 g/mol. The minimum atomic E-state index is -1.46. The maximum atomic E-state index is 12.8. The van der Waals surface area contributed by atoms with Gasteiger partial charge in [0.25, 0.3) is 0 Å². The fourth-order valence-electron chi connectivity index (χ4n) is 3.97. The van der Waals surface area contributed by atoms with E-state index in [-0.39, 0.29) is 21.8 Å². The first-order chi connectivity index (χ1) is 10.6. The van der Waals surface area contributed by atoms with Gasteiger partial charge in [0.1, 0.15) is 16.1 Å². The molecule has 0 aromatic carbocycles. The van der Waals surface area contributed by atoms with Crippen molar-refractivity contribution >= 4 is 22.5 Å². The maximum Gasteiger partial charge on any atom is 0.413 e. The number of rotatable bonds is 2. The van der Waals surface area contributed by atoms with Gasteiger partial charge in [-0.15, -0.1) is 0 Å². The van der Waals surface area contributed by atoms with E-state index in [4.69, 9.17) is 13.9 Å². The molecule has 0 N–H and O–H groups in total. The van der Waals surface area contributed by atoms with Crippen LogP contribution >= 0.6 is 0 Å². The summed E-state index contributed by atoms with van der Waals surface area (Å²) >= 11 is 0. The summed E-state index contributed by atoms with van der Waals surface area (Å²) in [6.45, 7) is 16.0. The van der Waals surface area contributed by atoms with Crippen molar-refractivity contribution in [2.75, 3.05) is 13.7 Å². The summed E-state index contributed by atoms with van der Waals surface area (Å²) < 4.78 is 16.4. The van der Waals surface area contributed by atoms with Gasteiger partial charge >= 0.3 is 12.1 Å². The standard InChI is InChI=1S/C17H33NO5Si/c1-14(2,3)11-10-18(13(20)22-15(4,5)6)17(23-24,12(19)21-9)16(11,7)8/h11H,10H2,1-9,24H3/t11-,17+/m1/s1. The minimum Gasteiger partial charge on any atom is -0.465 e. The zero-order chi connectivity index (χ0) is 19.1. The van der Waals surface area contributed by atoms with Crippen LogP contribution in [0.5, 0.6) is 0 Å². The van der Waals surface area contributed by atoms with Crippen LogP contribution in [0.15, 0.2) is 0 Å². The van der Waals surface area contributed by atoms with E-state index in [0.29, 0.717) is 6.54 Å². The normalized spacial score (nSPS) is 27.2. The van der Waals surface area contributed by atoms with Crippen LogP contribution < -0.4 is 0 Å². The summed E-state index contributed by atoms with van der Waals surface area (Å²) in [5, 5.41) is 0. The van der Waals surface area contributed by atoms with E-state index >= 15 is 0 Å². The monoisotopic (exact) mass is 359 g/mol. The molecule has 1 amide bonds. The highest BCUT2D eigenvalue weighted by Gasteiger charge is 2.69. The number of carbonyl (C=O) groups excluding carboxylic acids is 2. The van der Waals surface area contributed by atoms with Crippen LogP contribution in [0.4, 0.5) is 4.79 Å². The number of likely N-dealkylation sites (tertiary alicyclic amines) is 1. The van der Waals surface area contributed by atoms with Crippen molar-refractivity contribution in [2.45, 2.75) is 66.7 Å². The van der Waals surface area contributed by atoms with Crippen LogP contribution in [0, 0.1) is 16.7 Å². The van der Waals surface area contributed by atoms with E-state index in [0.717, 1.165) is 0 Å². The lowest BCUT2D eigenvalue weighted by Gasteiger charge is -2.45. The Labute approximate surface area is 148 Å². The topological polar surface area (TPSA) is 65.1 Å². The second-order valence-corrected chi connectivity index (χ2v) is 9.48. The van der Waals surface area contributed by atoms with Crippen molar-refractivity contribution in [3.8, 4) is 0 Å². The third kappa shape index (κ3) is 3.33. The SMILES string of the molecule is COC(=O)[C@@]1(O[SiH3])N(C(=O)OC(C)(C)C)C[C@H](C(C)(C)C)C1(C)C. The lowest BCUT2D eigenvalue weighted by atomic mass is 9.64. The Morgan fingerprint density at radius 3 is 1.96 bits per heavy atom. The largest absolute Gasteiger partial charge is 0.465 e. The van der Waals surface area contributed by atoms with Gasteiger partial charge in [0, 0.05) is 12.0 Å². The van der Waals surface area contributed by atoms with Crippen molar-refractivity contribution in [3.05, 3.63) is 0 Å². The van der Waals surface area contributed by atoms with Crippen molar-refractivity contribution < 1.29 is 23.5 Å². The molecular formula is C17H33NO5Si. The number of amides is 1. The molecule has 1 rings (SSSR count). The number of carbonyl (C=O) groups is 2. The predicted molar refractivity (Wildman–Crippen MR) is 95.4 cm³/mol. The van der Waals surface area contributed by atoms with E-state index in [1.54, 1.807) is 20.8 Å². The van der Waals surface area contributed by atoms with Crippen molar-refractivity contribution in [1.82, 2.24) is 4.90 Å². The first-order valence-corrected chi connectivity index (χ1v) is 9.11. The van der Waals surface area contributed by atoms with Crippen LogP contribution in [0.2, 0.25) is 0 Å². The van der Waals surface area contributed by atoms with E-state index in [2.05, 4.69) is 20.8 Å². The molecule has 0 saturated carbocycles. The first kappa shape index (κ1) is 21.0. The molecule has 6 nitrogen and oxygen atoms in total. The molecule has 0 aromatic heterocycles. The number of nitrogens with zero attached hydrogens (tertiary/aromatic N) is 1. The summed E-state index contributed by atoms with van der Waals surface area (Å²) in [5.41, 5.74) is -2.88. The van der Waals surface area contributed by atoms with Gasteiger partial charge in [-0.05, 0) is 32.1 Å². The van der Waals surface area contributed by atoms with Gasteiger partial charge in [0.2, 0.25) is 5.72 Å². The van der Waals surface area contributed by atoms with Gasteiger partial charge in [-0.3, -0.25) is 4.90 Å². The highest BCUT2D eigenvalue weighted by molar-refractivity contribution is 6.01. The Hall–Kier alpha value is -1.08. The highest BCUT2D eigenvalue weighted by atomic mass is 28.2. The molecule has 140 valence electrons. The average Bonchev–Trinajstić information content (AvgIpc) is 2.63. The molecule has 2 atom stereocenters. The second kappa shape index (κ2) is 6.33. The molecule has 7 heteroatoms. The molecule has 0 unspecified atom stereocenters. The smallest absolute Gasteiger partial charge is 0.413 e. The quantitative estimate of drug-likeness (QED) is 0.558. The Bertz CT molecular complexity index is 506. The summed E-state index contributed by atoms with van der Waals surface area (Å²) in [4.78, 5) is 27.0. The molecule has 0 aromatic rings. The number of esters is 1. The summed E-state index contributed by atoms with van der Waals surface area (Å²) in [7, 11) is 1.60. The first-order valence-electron chi connectivity index (χ1n) is 8.29. The molecule has 0 spiro atoms. The lowest BCUT2D eigenvalue weighted by molar-refractivity contribution is -0.190. The van der Waals surface area contributed by atoms with Crippen LogP contribution in [0.1, 0.15) is 55.4 Å². The maximum absolute atomic E-state index is 12.8. The fourth-order valence-corrected chi connectivity index (χ4v) is 4.88. The second-order valence-electron chi connectivity index (χ2n) is 9.07. The van der Waals surface area contributed by atoms with Crippen LogP contribution in [0.3, 0.4) is 0 Å². The van der Waals surface area contributed by atoms with Gasteiger partial charge in [-0.25, -0.2) is 9.59 Å². The molecule has 0 bridgehead atoms. The summed E-state index contributed by atoms with van der Waals surface area (Å²) in [6, 6.07) is 0. The van der Waals surface area contributed by atoms with Gasteiger partial charge in [-0.2, -0.15) is 0 Å². The van der Waals surface area contributed by atoms with E-state index < -0.39 is 28.8 Å². The predicted octanol–water partition coefficient (Wildman–Crippen LogP) is 2.09. The van der Waals surface area contributed by atoms with Gasteiger partial charge in [-0.1, -0.05) is 34.6 Å². The number of ether oxygens (including phenoxy) is 2. The Kier molecular flexibility index (Phi) is 5.53. The molecule has 0 aliphatic carbocycles. The number of hydrogen-bond donors (Lipinski definition) is 0. The Morgan fingerprint density at radius 1 is 1.12 bits per heavy atom. The van der Waals surface area contributed by atoms with Crippen molar-refractivity contribution in [1.29, 1.82) is 0 Å². The number of methoxy groups -OCH3 is 1. The van der Waals surface area contributed by atoms with E-state index in [1.807, 2.05) is 13.8 Å². The molecule has 1 fully saturated rings. The molecule has 1 aliphatic rings. The third-order valence-corrected chi connectivity index (χ3v) is 5.50. The van der Waals surface area contributed by atoms with Crippen molar-refractivity contribution in [2.24, 2.45) is 16.7 Å². The number of hydrogen-bond acceptors (Lipinski definition) is 5. The zero-order valence-corrected chi connectivity index (χ0v) is 18.8. The van der Waals surface area contributed by atoms with Crippen LogP contribution in [0.25, 0.3) is 0 Å². The molecule has 0 radical (unpaired) electrons. The molecule has 1 saturated heterocycles. The van der Waals surface area contributed by atoms with E-state index in [1.165, 1.54) is 12.0 Å². The highest BCUT2D eigenvalue weighted by Crippen LogP contribution is 2.56. The fraction of sp³-hybridized carbons (Fsp3) is 0.882.